The van der Waals surface area contributed by atoms with Crippen LogP contribution in [0.4, 0.5) is 0 Å². The standard InChI is InChI=1S/C14H19ClN2OS/c1-2-16-7-9-17(10-8-16)14(18)11-19-13-6-4-3-5-12(13)15/h3-6H,2,7-11H2,1H3. The highest BCUT2D eigenvalue weighted by molar-refractivity contribution is 8.00. The van der Waals surface area contributed by atoms with Gasteiger partial charge >= 0.3 is 0 Å². The van der Waals surface area contributed by atoms with Crippen molar-refractivity contribution < 1.29 is 4.79 Å². The van der Waals surface area contributed by atoms with Gasteiger partial charge in [0.1, 0.15) is 0 Å². The molecule has 1 heterocycles. The van der Waals surface area contributed by atoms with Crippen LogP contribution >= 0.6 is 23.4 Å². The molecule has 1 aromatic carbocycles. The second-order valence-corrected chi connectivity index (χ2v) is 5.96. The molecule has 1 saturated heterocycles. The Bertz CT molecular complexity index is 433. The average Bonchev–Trinajstić information content (AvgIpc) is 2.46. The van der Waals surface area contributed by atoms with E-state index in [2.05, 4.69) is 11.8 Å². The number of likely N-dealkylation sites (N-methyl/N-ethyl adjacent to an activating group) is 1. The van der Waals surface area contributed by atoms with E-state index in [0.717, 1.165) is 42.6 Å². The molecule has 0 N–H and O–H groups in total. The molecule has 1 amide bonds. The number of nitrogens with zero attached hydrogens (tertiary/aromatic N) is 2. The molecule has 0 bridgehead atoms. The molecular weight excluding hydrogens is 280 g/mol. The van der Waals surface area contributed by atoms with Crippen molar-refractivity contribution >= 4 is 29.3 Å². The van der Waals surface area contributed by atoms with Crippen molar-refractivity contribution in [3.8, 4) is 0 Å². The number of piperazine rings is 1. The maximum atomic E-state index is 12.1. The monoisotopic (exact) mass is 298 g/mol. The topological polar surface area (TPSA) is 23.6 Å². The maximum absolute atomic E-state index is 12.1. The summed E-state index contributed by atoms with van der Waals surface area (Å²) in [5.74, 6) is 0.677. The molecule has 1 aliphatic heterocycles. The van der Waals surface area contributed by atoms with Crippen molar-refractivity contribution in [3.63, 3.8) is 0 Å². The summed E-state index contributed by atoms with van der Waals surface area (Å²) in [7, 11) is 0. The number of carbonyl (C=O) groups is 1. The first kappa shape index (κ1) is 14.7. The first-order valence-electron chi connectivity index (χ1n) is 6.58. The molecule has 0 saturated carbocycles. The Morgan fingerprint density at radius 1 is 1.26 bits per heavy atom. The molecule has 1 fully saturated rings. The van der Waals surface area contributed by atoms with Gasteiger partial charge in [0, 0.05) is 31.1 Å². The Labute approximate surface area is 123 Å². The van der Waals surface area contributed by atoms with Gasteiger partial charge in [-0.25, -0.2) is 0 Å². The molecule has 19 heavy (non-hydrogen) atoms. The van der Waals surface area contributed by atoms with E-state index in [-0.39, 0.29) is 5.91 Å². The fraction of sp³-hybridized carbons (Fsp3) is 0.500. The molecule has 0 aromatic heterocycles. The van der Waals surface area contributed by atoms with Gasteiger partial charge in [-0.15, -0.1) is 11.8 Å². The summed E-state index contributed by atoms with van der Waals surface area (Å²) in [6.45, 7) is 6.88. The summed E-state index contributed by atoms with van der Waals surface area (Å²) in [6.07, 6.45) is 0. The zero-order valence-electron chi connectivity index (χ0n) is 11.1. The minimum absolute atomic E-state index is 0.209. The number of hydrogen-bond donors (Lipinski definition) is 0. The Balaban J connectivity index is 1.81. The van der Waals surface area contributed by atoms with Crippen LogP contribution in [0.25, 0.3) is 0 Å². The molecule has 2 rings (SSSR count). The third kappa shape index (κ3) is 4.13. The lowest BCUT2D eigenvalue weighted by molar-refractivity contribution is -0.130. The summed E-state index contributed by atoms with van der Waals surface area (Å²) < 4.78 is 0. The average molecular weight is 299 g/mol. The number of rotatable bonds is 4. The van der Waals surface area contributed by atoms with Gasteiger partial charge in [0.2, 0.25) is 5.91 Å². The highest BCUT2D eigenvalue weighted by Crippen LogP contribution is 2.26. The molecule has 104 valence electrons. The lowest BCUT2D eigenvalue weighted by Gasteiger charge is -2.34. The first-order chi connectivity index (χ1) is 9.20. The van der Waals surface area contributed by atoms with Crippen molar-refractivity contribution in [2.45, 2.75) is 11.8 Å². The number of benzene rings is 1. The van der Waals surface area contributed by atoms with E-state index in [1.165, 1.54) is 11.8 Å². The van der Waals surface area contributed by atoms with Crippen molar-refractivity contribution in [2.75, 3.05) is 38.5 Å². The predicted molar refractivity (Wildman–Crippen MR) is 80.9 cm³/mol. The van der Waals surface area contributed by atoms with Crippen molar-refractivity contribution in [1.29, 1.82) is 0 Å². The third-order valence-corrected chi connectivity index (χ3v) is 4.86. The molecule has 0 aliphatic carbocycles. The molecular formula is C14H19ClN2OS. The fourth-order valence-electron chi connectivity index (χ4n) is 2.11. The fourth-order valence-corrected chi connectivity index (χ4v) is 3.25. The second-order valence-electron chi connectivity index (χ2n) is 4.53. The van der Waals surface area contributed by atoms with Crippen LogP contribution in [0, 0.1) is 0 Å². The SMILES string of the molecule is CCN1CCN(C(=O)CSc2ccccc2Cl)CC1. The number of amides is 1. The van der Waals surface area contributed by atoms with Gasteiger partial charge in [-0.1, -0.05) is 30.7 Å². The van der Waals surface area contributed by atoms with Crippen LogP contribution < -0.4 is 0 Å². The molecule has 0 radical (unpaired) electrons. The smallest absolute Gasteiger partial charge is 0.233 e. The van der Waals surface area contributed by atoms with E-state index >= 15 is 0 Å². The van der Waals surface area contributed by atoms with Crippen molar-refractivity contribution in [3.05, 3.63) is 29.3 Å². The van der Waals surface area contributed by atoms with Gasteiger partial charge in [0.25, 0.3) is 0 Å². The number of carbonyl (C=O) groups excluding carboxylic acids is 1. The number of halogens is 1. The van der Waals surface area contributed by atoms with E-state index in [1.807, 2.05) is 29.2 Å². The molecule has 0 unspecified atom stereocenters. The van der Waals surface area contributed by atoms with E-state index in [1.54, 1.807) is 0 Å². The lowest BCUT2D eigenvalue weighted by atomic mass is 10.3. The van der Waals surface area contributed by atoms with Crippen LogP contribution in [0.5, 0.6) is 0 Å². The summed E-state index contributed by atoms with van der Waals surface area (Å²) >= 11 is 7.60. The highest BCUT2D eigenvalue weighted by atomic mass is 35.5. The molecule has 0 atom stereocenters. The van der Waals surface area contributed by atoms with Crippen LogP contribution in [0.1, 0.15) is 6.92 Å². The number of hydrogen-bond acceptors (Lipinski definition) is 3. The van der Waals surface area contributed by atoms with Gasteiger partial charge in [0.05, 0.1) is 10.8 Å². The highest BCUT2D eigenvalue weighted by Gasteiger charge is 2.20. The zero-order valence-corrected chi connectivity index (χ0v) is 12.7. The van der Waals surface area contributed by atoms with E-state index in [4.69, 9.17) is 11.6 Å². The molecule has 1 aliphatic rings. The second kappa shape index (κ2) is 7.17. The van der Waals surface area contributed by atoms with E-state index in [9.17, 15) is 4.79 Å². The molecule has 5 heteroatoms. The van der Waals surface area contributed by atoms with Gasteiger partial charge in [0.15, 0.2) is 0 Å². The van der Waals surface area contributed by atoms with Crippen LogP contribution in [0.15, 0.2) is 29.2 Å². The van der Waals surface area contributed by atoms with Crippen LogP contribution in [0.2, 0.25) is 5.02 Å². The Kier molecular flexibility index (Phi) is 5.55. The maximum Gasteiger partial charge on any atom is 0.233 e. The minimum atomic E-state index is 0.209. The predicted octanol–water partition coefficient (Wildman–Crippen LogP) is 2.60. The van der Waals surface area contributed by atoms with Crippen molar-refractivity contribution in [1.82, 2.24) is 9.80 Å². The lowest BCUT2D eigenvalue weighted by Crippen LogP contribution is -2.49. The third-order valence-electron chi connectivity index (χ3n) is 3.36. The quantitative estimate of drug-likeness (QED) is 0.798. The molecule has 0 spiro atoms. The normalized spacial score (nSPS) is 16.6. The van der Waals surface area contributed by atoms with E-state index in [0.29, 0.717) is 5.75 Å². The summed E-state index contributed by atoms with van der Waals surface area (Å²) in [5.41, 5.74) is 0. The first-order valence-corrected chi connectivity index (χ1v) is 7.94. The van der Waals surface area contributed by atoms with Gasteiger partial charge < -0.3 is 9.80 Å². The molecule has 3 nitrogen and oxygen atoms in total. The summed E-state index contributed by atoms with van der Waals surface area (Å²) in [5, 5.41) is 0.719. The Morgan fingerprint density at radius 3 is 2.58 bits per heavy atom. The Morgan fingerprint density at radius 2 is 1.95 bits per heavy atom. The van der Waals surface area contributed by atoms with Crippen molar-refractivity contribution in [2.24, 2.45) is 0 Å². The van der Waals surface area contributed by atoms with E-state index < -0.39 is 0 Å². The number of thioether (sulfide) groups is 1. The van der Waals surface area contributed by atoms with Crippen LogP contribution in [-0.4, -0.2) is 54.2 Å². The molecule has 1 aromatic rings. The minimum Gasteiger partial charge on any atom is -0.339 e. The Hall–Kier alpha value is -0.710. The van der Waals surface area contributed by atoms with Crippen LogP contribution in [-0.2, 0) is 4.79 Å². The summed E-state index contributed by atoms with van der Waals surface area (Å²) in [4.78, 5) is 17.4. The van der Waals surface area contributed by atoms with Gasteiger partial charge in [-0.2, -0.15) is 0 Å². The largest absolute Gasteiger partial charge is 0.339 e. The van der Waals surface area contributed by atoms with Gasteiger partial charge in [-0.05, 0) is 18.7 Å². The summed E-state index contributed by atoms with van der Waals surface area (Å²) in [6, 6.07) is 7.65. The zero-order chi connectivity index (χ0) is 13.7. The van der Waals surface area contributed by atoms with Gasteiger partial charge in [-0.3, -0.25) is 4.79 Å². The van der Waals surface area contributed by atoms with Crippen LogP contribution in [0.3, 0.4) is 0 Å².